The number of likely N-dealkylation sites (N-methyl/N-ethyl adjacent to an activating group) is 1. The lowest BCUT2D eigenvalue weighted by atomic mass is 10.4. The van der Waals surface area contributed by atoms with Gasteiger partial charge in [0.2, 0.25) is 5.13 Å². The van der Waals surface area contributed by atoms with Crippen LogP contribution in [0.4, 0.5) is 5.13 Å². The zero-order valence-electron chi connectivity index (χ0n) is 7.80. The second kappa shape index (κ2) is 4.87. The van der Waals surface area contributed by atoms with Crippen molar-refractivity contribution >= 4 is 22.4 Å². The van der Waals surface area contributed by atoms with E-state index in [2.05, 4.69) is 10.2 Å². The van der Waals surface area contributed by atoms with Crippen LogP contribution >= 0.6 is 11.3 Å². The van der Waals surface area contributed by atoms with Crippen LogP contribution in [0.15, 0.2) is 0 Å². The number of aliphatic carboxylic acids is 1. The molecule has 7 heteroatoms. The summed E-state index contributed by atoms with van der Waals surface area (Å²) in [5.74, 6) is -0.829. The Morgan fingerprint density at radius 3 is 2.86 bits per heavy atom. The van der Waals surface area contributed by atoms with Crippen molar-refractivity contribution < 1.29 is 9.90 Å². The predicted octanol–water partition coefficient (Wildman–Crippen LogP) is -0.321. The van der Waals surface area contributed by atoms with Crippen molar-refractivity contribution in [1.82, 2.24) is 15.1 Å². The molecule has 0 aliphatic heterocycles. The van der Waals surface area contributed by atoms with Gasteiger partial charge in [-0.15, -0.1) is 10.2 Å². The lowest BCUT2D eigenvalue weighted by Crippen LogP contribution is -2.27. The van der Waals surface area contributed by atoms with Gasteiger partial charge in [-0.2, -0.15) is 0 Å². The smallest absolute Gasteiger partial charge is 0.317 e. The SMILES string of the molecule is CN(CCc1nnc(N)s1)CC(=O)O. The number of nitrogens with zero attached hydrogens (tertiary/aromatic N) is 3. The molecule has 0 bridgehead atoms. The van der Waals surface area contributed by atoms with E-state index in [1.165, 1.54) is 11.3 Å². The number of rotatable bonds is 5. The zero-order chi connectivity index (χ0) is 10.6. The number of anilines is 1. The molecule has 1 rings (SSSR count). The average molecular weight is 216 g/mol. The second-order valence-corrected chi connectivity index (χ2v) is 4.01. The topological polar surface area (TPSA) is 92.3 Å². The Bertz CT molecular complexity index is 314. The molecular formula is C7H12N4O2S. The number of hydrogen-bond acceptors (Lipinski definition) is 6. The molecule has 0 radical (unpaired) electrons. The van der Waals surface area contributed by atoms with Crippen molar-refractivity contribution in [3.63, 3.8) is 0 Å². The highest BCUT2D eigenvalue weighted by Crippen LogP contribution is 2.11. The van der Waals surface area contributed by atoms with Crippen LogP contribution in [0.2, 0.25) is 0 Å². The number of nitrogens with two attached hydrogens (primary N) is 1. The highest BCUT2D eigenvalue weighted by molar-refractivity contribution is 7.15. The van der Waals surface area contributed by atoms with Gasteiger partial charge in [-0.3, -0.25) is 9.69 Å². The van der Waals surface area contributed by atoms with Crippen LogP contribution in [0.1, 0.15) is 5.01 Å². The Hall–Kier alpha value is -1.21. The van der Waals surface area contributed by atoms with Crippen molar-refractivity contribution in [1.29, 1.82) is 0 Å². The number of carboxylic acid groups (broad SMARTS) is 1. The number of hydrogen-bond donors (Lipinski definition) is 2. The van der Waals surface area contributed by atoms with Crippen molar-refractivity contribution in [2.24, 2.45) is 0 Å². The summed E-state index contributed by atoms with van der Waals surface area (Å²) in [4.78, 5) is 12.0. The highest BCUT2D eigenvalue weighted by Gasteiger charge is 2.06. The van der Waals surface area contributed by atoms with Crippen molar-refractivity contribution in [3.05, 3.63) is 5.01 Å². The third-order valence-electron chi connectivity index (χ3n) is 1.60. The Labute approximate surface area is 85.4 Å². The summed E-state index contributed by atoms with van der Waals surface area (Å²) in [5, 5.41) is 17.3. The fraction of sp³-hybridized carbons (Fsp3) is 0.571. The van der Waals surface area contributed by atoms with Gasteiger partial charge in [-0.05, 0) is 7.05 Å². The molecule has 0 aliphatic rings. The summed E-state index contributed by atoms with van der Waals surface area (Å²) >= 11 is 1.33. The van der Waals surface area contributed by atoms with Crippen LogP contribution in [0.5, 0.6) is 0 Å². The molecule has 1 aromatic rings. The first-order valence-corrected chi connectivity index (χ1v) is 4.88. The van der Waals surface area contributed by atoms with E-state index >= 15 is 0 Å². The first kappa shape index (κ1) is 10.9. The number of aromatic nitrogens is 2. The molecule has 0 saturated heterocycles. The van der Waals surface area contributed by atoms with E-state index in [-0.39, 0.29) is 6.54 Å². The fourth-order valence-electron chi connectivity index (χ4n) is 0.964. The lowest BCUT2D eigenvalue weighted by Gasteiger charge is -2.11. The van der Waals surface area contributed by atoms with Crippen LogP contribution in [-0.2, 0) is 11.2 Å². The standard InChI is InChI=1S/C7H12N4O2S/c1-11(4-6(12)13)3-2-5-9-10-7(8)14-5/h2-4H2,1H3,(H2,8,10)(H,12,13). The molecule has 1 aromatic heterocycles. The molecule has 0 fully saturated rings. The Morgan fingerprint density at radius 2 is 2.36 bits per heavy atom. The average Bonchev–Trinajstić information content (AvgIpc) is 2.47. The summed E-state index contributed by atoms with van der Waals surface area (Å²) in [5.41, 5.74) is 5.40. The van der Waals surface area contributed by atoms with Gasteiger partial charge >= 0.3 is 5.97 Å². The molecule has 1 heterocycles. The Morgan fingerprint density at radius 1 is 1.64 bits per heavy atom. The van der Waals surface area contributed by atoms with Crippen LogP contribution in [0.3, 0.4) is 0 Å². The van der Waals surface area contributed by atoms with E-state index in [4.69, 9.17) is 10.8 Å². The third kappa shape index (κ3) is 3.67. The van der Waals surface area contributed by atoms with Gasteiger partial charge in [0, 0.05) is 13.0 Å². The fourth-order valence-corrected chi connectivity index (χ4v) is 1.56. The zero-order valence-corrected chi connectivity index (χ0v) is 8.62. The predicted molar refractivity (Wildman–Crippen MR) is 53.2 cm³/mol. The van der Waals surface area contributed by atoms with Gasteiger partial charge in [-0.25, -0.2) is 0 Å². The number of nitrogen functional groups attached to an aromatic ring is 1. The maximum atomic E-state index is 10.3. The summed E-state index contributed by atoms with van der Waals surface area (Å²) in [7, 11) is 1.75. The number of carboxylic acids is 1. The van der Waals surface area contributed by atoms with E-state index in [0.29, 0.717) is 18.1 Å². The van der Waals surface area contributed by atoms with Gasteiger partial charge in [0.15, 0.2) is 0 Å². The molecular weight excluding hydrogens is 204 g/mol. The van der Waals surface area contributed by atoms with Crippen molar-refractivity contribution in [2.45, 2.75) is 6.42 Å². The van der Waals surface area contributed by atoms with E-state index in [0.717, 1.165) is 5.01 Å². The highest BCUT2D eigenvalue weighted by atomic mass is 32.1. The number of carbonyl (C=O) groups is 1. The second-order valence-electron chi connectivity index (χ2n) is 2.92. The molecule has 0 saturated carbocycles. The van der Waals surface area contributed by atoms with Crippen LogP contribution < -0.4 is 5.73 Å². The van der Waals surface area contributed by atoms with Gasteiger partial charge < -0.3 is 10.8 Å². The van der Waals surface area contributed by atoms with Crippen LogP contribution in [0, 0.1) is 0 Å². The minimum atomic E-state index is -0.829. The van der Waals surface area contributed by atoms with Gasteiger partial charge in [0.1, 0.15) is 5.01 Å². The van der Waals surface area contributed by atoms with Crippen LogP contribution in [0.25, 0.3) is 0 Å². The summed E-state index contributed by atoms with van der Waals surface area (Å²) in [6.45, 7) is 0.676. The van der Waals surface area contributed by atoms with E-state index in [1.807, 2.05) is 0 Å². The van der Waals surface area contributed by atoms with Gasteiger partial charge in [0.25, 0.3) is 0 Å². The molecule has 0 aliphatic carbocycles. The minimum Gasteiger partial charge on any atom is -0.480 e. The van der Waals surface area contributed by atoms with Crippen molar-refractivity contribution in [2.75, 3.05) is 25.9 Å². The lowest BCUT2D eigenvalue weighted by molar-refractivity contribution is -0.137. The molecule has 3 N–H and O–H groups in total. The van der Waals surface area contributed by atoms with Crippen molar-refractivity contribution in [3.8, 4) is 0 Å². The first-order chi connectivity index (χ1) is 6.58. The Balaban J connectivity index is 2.30. The molecule has 14 heavy (non-hydrogen) atoms. The van der Waals surface area contributed by atoms with Gasteiger partial charge in [-0.1, -0.05) is 11.3 Å². The summed E-state index contributed by atoms with van der Waals surface area (Å²) < 4.78 is 0. The molecule has 0 aromatic carbocycles. The molecule has 6 nitrogen and oxygen atoms in total. The molecule has 0 unspecified atom stereocenters. The maximum absolute atomic E-state index is 10.3. The summed E-state index contributed by atoms with van der Waals surface area (Å²) in [6, 6.07) is 0. The minimum absolute atomic E-state index is 0.0360. The first-order valence-electron chi connectivity index (χ1n) is 4.06. The normalized spacial score (nSPS) is 10.7. The monoisotopic (exact) mass is 216 g/mol. The maximum Gasteiger partial charge on any atom is 0.317 e. The van der Waals surface area contributed by atoms with E-state index in [9.17, 15) is 4.79 Å². The molecule has 0 atom stereocenters. The van der Waals surface area contributed by atoms with E-state index < -0.39 is 5.97 Å². The van der Waals surface area contributed by atoms with E-state index in [1.54, 1.807) is 11.9 Å². The Kier molecular flexibility index (Phi) is 3.78. The third-order valence-corrected chi connectivity index (χ3v) is 2.41. The summed E-state index contributed by atoms with van der Waals surface area (Å²) in [6.07, 6.45) is 0.679. The van der Waals surface area contributed by atoms with Crippen LogP contribution in [-0.4, -0.2) is 46.3 Å². The quantitative estimate of drug-likeness (QED) is 0.700. The molecule has 78 valence electrons. The van der Waals surface area contributed by atoms with Gasteiger partial charge in [0.05, 0.1) is 6.54 Å². The molecule has 0 spiro atoms. The molecule has 0 amide bonds. The largest absolute Gasteiger partial charge is 0.480 e.